The highest BCUT2D eigenvalue weighted by molar-refractivity contribution is 5.71. The maximum Gasteiger partial charge on any atom is 0.0282 e. The maximum atomic E-state index is 3.81. The van der Waals surface area contributed by atoms with Crippen molar-refractivity contribution in [3.63, 3.8) is 0 Å². The lowest BCUT2D eigenvalue weighted by molar-refractivity contribution is 1.57. The Hall–Kier alpha value is -1.18. The predicted molar refractivity (Wildman–Crippen MR) is 42.0 cm³/mol. The summed E-state index contributed by atoms with van der Waals surface area (Å²) >= 11 is 0. The molecular weight excluding hydrogens is 112 g/mol. The summed E-state index contributed by atoms with van der Waals surface area (Å²) in [7, 11) is 0. The molecule has 0 aliphatic heterocycles. The molecule has 0 unspecified atom stereocenters. The summed E-state index contributed by atoms with van der Waals surface area (Å²) in [6.45, 7) is 5.26. The molecule has 0 aliphatic rings. The molecule has 0 spiro atoms. The van der Waals surface area contributed by atoms with Gasteiger partial charge in [0.05, 0.1) is 0 Å². The van der Waals surface area contributed by atoms with E-state index in [4.69, 9.17) is 0 Å². The van der Waals surface area contributed by atoms with Gasteiger partial charge >= 0.3 is 0 Å². The third-order valence-electron chi connectivity index (χ3n) is 0.599. The Morgan fingerprint density at radius 3 is 2.67 bits per heavy atom. The van der Waals surface area contributed by atoms with Crippen LogP contribution in [0.3, 0.4) is 0 Å². The van der Waals surface area contributed by atoms with E-state index in [0.29, 0.717) is 0 Å². The zero-order valence-corrected chi connectivity index (χ0v) is 5.49. The van der Waals surface area contributed by atoms with Crippen molar-refractivity contribution >= 4 is 12.4 Å². The Labute approximate surface area is 55.3 Å². The molecule has 0 radical (unpaired) electrons. The van der Waals surface area contributed by atoms with Gasteiger partial charge in [0, 0.05) is 24.8 Å². The number of rotatable bonds is 3. The molecule has 0 heterocycles. The predicted octanol–water partition coefficient (Wildman–Crippen LogP) is 1.81. The molecule has 0 saturated heterocycles. The molecule has 0 bridgehead atoms. The highest BCUT2D eigenvalue weighted by atomic mass is 14.7. The van der Waals surface area contributed by atoms with Crippen LogP contribution in [-0.4, -0.2) is 12.4 Å². The quantitative estimate of drug-likeness (QED) is 0.510. The molecule has 48 valence electrons. The zero-order chi connectivity index (χ0) is 6.95. The summed E-state index contributed by atoms with van der Waals surface area (Å²) in [4.78, 5) is 7.53. The van der Waals surface area contributed by atoms with Gasteiger partial charge in [0.1, 0.15) is 0 Å². The summed E-state index contributed by atoms with van der Waals surface area (Å²) < 4.78 is 0. The van der Waals surface area contributed by atoms with E-state index < -0.39 is 0 Å². The largest absolute Gasteiger partial charge is 0.269 e. The van der Waals surface area contributed by atoms with Gasteiger partial charge in [0.25, 0.3) is 0 Å². The fourth-order valence-electron chi connectivity index (χ4n) is 0.285. The molecule has 0 saturated carbocycles. The average Bonchev–Trinajstić information content (AvgIpc) is 1.89. The fraction of sp³-hybridized carbons (Fsp3) is 0.143. The molecule has 0 aromatic carbocycles. The van der Waals surface area contributed by atoms with Gasteiger partial charge in [-0.05, 0) is 13.0 Å². The van der Waals surface area contributed by atoms with Gasteiger partial charge < -0.3 is 0 Å². The van der Waals surface area contributed by atoms with Crippen molar-refractivity contribution in [1.29, 1.82) is 0 Å². The lowest BCUT2D eigenvalue weighted by atomic mass is 10.6. The first-order valence-electron chi connectivity index (χ1n) is 2.69. The van der Waals surface area contributed by atoms with E-state index >= 15 is 0 Å². The van der Waals surface area contributed by atoms with Gasteiger partial charge in [0.15, 0.2) is 0 Å². The molecule has 0 amide bonds. The first-order chi connectivity index (χ1) is 4.41. The van der Waals surface area contributed by atoms with Crippen LogP contribution in [0.2, 0.25) is 0 Å². The zero-order valence-electron chi connectivity index (χ0n) is 5.49. The molecule has 2 heteroatoms. The summed E-state index contributed by atoms with van der Waals surface area (Å²) in [5.41, 5.74) is 0. The van der Waals surface area contributed by atoms with E-state index in [1.54, 1.807) is 24.7 Å². The van der Waals surface area contributed by atoms with Gasteiger partial charge in [-0.15, -0.1) is 0 Å². The average molecular weight is 122 g/mol. The highest BCUT2D eigenvalue weighted by Crippen LogP contribution is 1.70. The van der Waals surface area contributed by atoms with Gasteiger partial charge in [-0.3, -0.25) is 9.98 Å². The molecule has 0 N–H and O–H groups in total. The Balaban J connectivity index is 3.46. The van der Waals surface area contributed by atoms with Crippen molar-refractivity contribution in [3.8, 4) is 0 Å². The number of aliphatic imine (C=N–C) groups is 2. The SMILES string of the molecule is C=CN=C/C=C\N=CC. The van der Waals surface area contributed by atoms with Crippen molar-refractivity contribution in [2.75, 3.05) is 0 Å². The van der Waals surface area contributed by atoms with E-state index in [0.717, 1.165) is 0 Å². The minimum atomic E-state index is 1.47. The summed E-state index contributed by atoms with van der Waals surface area (Å²) in [5, 5.41) is 0. The van der Waals surface area contributed by atoms with E-state index in [-0.39, 0.29) is 0 Å². The van der Waals surface area contributed by atoms with Crippen molar-refractivity contribution in [1.82, 2.24) is 0 Å². The van der Waals surface area contributed by atoms with E-state index in [9.17, 15) is 0 Å². The topological polar surface area (TPSA) is 24.7 Å². The van der Waals surface area contributed by atoms with Gasteiger partial charge in [-0.25, -0.2) is 0 Å². The molecule has 0 aliphatic carbocycles. The Kier molecular flexibility index (Phi) is 5.93. The van der Waals surface area contributed by atoms with Crippen LogP contribution in [0.5, 0.6) is 0 Å². The van der Waals surface area contributed by atoms with Crippen molar-refractivity contribution in [2.24, 2.45) is 9.98 Å². The van der Waals surface area contributed by atoms with Crippen LogP contribution in [0, 0.1) is 0 Å². The first-order valence-corrected chi connectivity index (χ1v) is 2.69. The lowest BCUT2D eigenvalue weighted by Crippen LogP contribution is -1.59. The molecule has 2 nitrogen and oxygen atoms in total. The molecule has 0 rings (SSSR count). The van der Waals surface area contributed by atoms with Crippen molar-refractivity contribution < 1.29 is 0 Å². The molecule has 0 atom stereocenters. The van der Waals surface area contributed by atoms with Crippen LogP contribution >= 0.6 is 0 Å². The standard InChI is InChI=1S/C7H10N2/c1-3-8-6-5-7-9-4-2/h3-7H,1H2,2H3/b7-5-,8-6?,9-4?. The Bertz CT molecular complexity index is 143. The van der Waals surface area contributed by atoms with Crippen LogP contribution in [0.1, 0.15) is 6.92 Å². The normalized spacial score (nSPS) is 12.1. The summed E-state index contributed by atoms with van der Waals surface area (Å²) in [6, 6.07) is 0. The first kappa shape index (κ1) is 7.82. The minimum Gasteiger partial charge on any atom is -0.269 e. The second-order valence-corrected chi connectivity index (χ2v) is 1.23. The highest BCUT2D eigenvalue weighted by Gasteiger charge is 1.57. The number of hydrogen-bond acceptors (Lipinski definition) is 2. The minimum absolute atomic E-state index is 1.47. The molecule has 0 fully saturated rings. The van der Waals surface area contributed by atoms with Crippen molar-refractivity contribution in [2.45, 2.75) is 6.92 Å². The molecular formula is C7H10N2. The summed E-state index contributed by atoms with van der Waals surface area (Å²) in [5.74, 6) is 0. The third kappa shape index (κ3) is 6.82. The monoisotopic (exact) mass is 122 g/mol. The molecule has 9 heavy (non-hydrogen) atoms. The van der Waals surface area contributed by atoms with Crippen LogP contribution in [0.4, 0.5) is 0 Å². The van der Waals surface area contributed by atoms with Crippen LogP contribution in [0.25, 0.3) is 0 Å². The molecule has 0 aromatic heterocycles. The van der Waals surface area contributed by atoms with Crippen LogP contribution < -0.4 is 0 Å². The van der Waals surface area contributed by atoms with Crippen LogP contribution in [0.15, 0.2) is 35.0 Å². The third-order valence-corrected chi connectivity index (χ3v) is 0.599. The van der Waals surface area contributed by atoms with Gasteiger partial charge in [0.2, 0.25) is 0 Å². The lowest BCUT2D eigenvalue weighted by Gasteiger charge is -1.70. The van der Waals surface area contributed by atoms with E-state index in [1.807, 2.05) is 6.92 Å². The molecule has 0 aromatic rings. The number of allylic oxidation sites excluding steroid dienone is 1. The second-order valence-electron chi connectivity index (χ2n) is 1.23. The van der Waals surface area contributed by atoms with Gasteiger partial charge in [-0.1, -0.05) is 6.58 Å². The van der Waals surface area contributed by atoms with E-state index in [1.165, 1.54) is 6.20 Å². The van der Waals surface area contributed by atoms with Gasteiger partial charge in [-0.2, -0.15) is 0 Å². The Morgan fingerprint density at radius 1 is 1.33 bits per heavy atom. The maximum absolute atomic E-state index is 3.81. The number of nitrogens with zero attached hydrogens (tertiary/aromatic N) is 2. The fourth-order valence-corrected chi connectivity index (χ4v) is 0.285. The van der Waals surface area contributed by atoms with Crippen molar-refractivity contribution in [3.05, 3.63) is 25.1 Å². The summed E-state index contributed by atoms with van der Waals surface area (Å²) in [6.07, 6.45) is 8.20. The van der Waals surface area contributed by atoms with Crippen LogP contribution in [-0.2, 0) is 0 Å². The van der Waals surface area contributed by atoms with E-state index in [2.05, 4.69) is 16.6 Å². The smallest absolute Gasteiger partial charge is 0.0282 e. The Morgan fingerprint density at radius 2 is 2.11 bits per heavy atom. The second kappa shape index (κ2) is 6.82. The number of hydrogen-bond donors (Lipinski definition) is 0.